The van der Waals surface area contributed by atoms with Crippen molar-refractivity contribution in [2.75, 3.05) is 0 Å². The minimum absolute atomic E-state index is 0.209. The van der Waals surface area contributed by atoms with Gasteiger partial charge in [0.25, 0.3) is 0 Å². The second kappa shape index (κ2) is 3.36. The summed E-state index contributed by atoms with van der Waals surface area (Å²) >= 11 is 5.89. The topological polar surface area (TPSA) is 9.23 Å². The maximum Gasteiger partial charge on any atom is 0.139 e. The van der Waals surface area contributed by atoms with E-state index in [2.05, 4.69) is 6.07 Å². The lowest BCUT2D eigenvalue weighted by Gasteiger charge is -2.21. The molecule has 0 aliphatic carbocycles. The average Bonchev–Trinajstić information content (AvgIpc) is 1.91. The molecule has 1 aromatic rings. The van der Waals surface area contributed by atoms with Crippen LogP contribution in [0.1, 0.15) is 20.8 Å². The van der Waals surface area contributed by atoms with E-state index < -0.39 is 0 Å². The zero-order valence-corrected chi connectivity index (χ0v) is 8.27. The summed E-state index contributed by atoms with van der Waals surface area (Å²) in [7, 11) is 0. The molecule has 2 heteroatoms. The van der Waals surface area contributed by atoms with Crippen LogP contribution in [-0.2, 0) is 0 Å². The van der Waals surface area contributed by atoms with Gasteiger partial charge in [-0.3, -0.25) is 0 Å². The van der Waals surface area contributed by atoms with Gasteiger partial charge in [-0.1, -0.05) is 17.7 Å². The first-order valence-corrected chi connectivity index (χ1v) is 4.21. The highest BCUT2D eigenvalue weighted by Gasteiger charge is 2.13. The molecule has 0 saturated carbocycles. The van der Waals surface area contributed by atoms with Crippen LogP contribution in [0.15, 0.2) is 18.2 Å². The highest BCUT2D eigenvalue weighted by Crippen LogP contribution is 2.26. The first-order valence-electron chi connectivity index (χ1n) is 3.84. The molecule has 12 heavy (non-hydrogen) atoms. The highest BCUT2D eigenvalue weighted by molar-refractivity contribution is 6.32. The molecule has 0 saturated heterocycles. The van der Waals surface area contributed by atoms with E-state index in [4.69, 9.17) is 16.3 Å². The lowest BCUT2D eigenvalue weighted by molar-refractivity contribution is 0.131. The third-order valence-corrected chi connectivity index (χ3v) is 1.50. The predicted molar refractivity (Wildman–Crippen MR) is 50.7 cm³/mol. The summed E-state index contributed by atoms with van der Waals surface area (Å²) in [6, 6.07) is 8.19. The molecule has 0 atom stereocenters. The third kappa shape index (κ3) is 2.74. The standard InChI is InChI=1S/C10H12ClO/c1-10(2,3)12-9-7-5-4-6-8(9)11/h4,6-7H,1-3H3. The van der Waals surface area contributed by atoms with E-state index in [1.807, 2.05) is 20.8 Å². The molecule has 0 N–H and O–H groups in total. The van der Waals surface area contributed by atoms with Gasteiger partial charge >= 0.3 is 0 Å². The number of halogens is 1. The molecule has 0 unspecified atom stereocenters. The van der Waals surface area contributed by atoms with Crippen molar-refractivity contribution in [2.45, 2.75) is 26.4 Å². The fourth-order valence-electron chi connectivity index (χ4n) is 0.804. The third-order valence-electron chi connectivity index (χ3n) is 1.19. The van der Waals surface area contributed by atoms with Crippen molar-refractivity contribution in [1.82, 2.24) is 0 Å². The van der Waals surface area contributed by atoms with Gasteiger partial charge in [0.05, 0.1) is 5.02 Å². The molecule has 0 aliphatic rings. The molecule has 1 rings (SSSR count). The Labute approximate surface area is 78.3 Å². The molecule has 0 fully saturated rings. The van der Waals surface area contributed by atoms with Gasteiger partial charge in [0.1, 0.15) is 11.4 Å². The number of benzene rings is 1. The van der Waals surface area contributed by atoms with Crippen LogP contribution in [0.4, 0.5) is 0 Å². The zero-order valence-electron chi connectivity index (χ0n) is 7.52. The smallest absolute Gasteiger partial charge is 0.139 e. The van der Waals surface area contributed by atoms with Gasteiger partial charge in [-0.25, -0.2) is 0 Å². The van der Waals surface area contributed by atoms with E-state index in [9.17, 15) is 0 Å². The minimum atomic E-state index is -0.209. The van der Waals surface area contributed by atoms with Crippen LogP contribution < -0.4 is 4.74 Å². The lowest BCUT2D eigenvalue weighted by atomic mass is 10.2. The quantitative estimate of drug-likeness (QED) is 0.649. The Bertz CT molecular complexity index is 263. The normalized spacial score (nSPS) is 11.3. The summed E-state index contributed by atoms with van der Waals surface area (Å²) in [6.45, 7) is 5.95. The Morgan fingerprint density at radius 2 is 2.08 bits per heavy atom. The molecule has 1 nitrogen and oxygen atoms in total. The van der Waals surface area contributed by atoms with Crippen molar-refractivity contribution in [2.24, 2.45) is 0 Å². The molecular formula is C10H12ClO. The summed E-state index contributed by atoms with van der Waals surface area (Å²) < 4.78 is 5.57. The molecule has 0 spiro atoms. The van der Waals surface area contributed by atoms with Crippen LogP contribution in [0.3, 0.4) is 0 Å². The maximum atomic E-state index is 5.89. The fraction of sp³-hybridized carbons (Fsp3) is 0.400. The minimum Gasteiger partial charge on any atom is -0.487 e. The van der Waals surface area contributed by atoms with Gasteiger partial charge in [-0.05, 0) is 39.0 Å². The van der Waals surface area contributed by atoms with Gasteiger partial charge in [0, 0.05) is 0 Å². The summed E-state index contributed by atoms with van der Waals surface area (Å²) in [5, 5.41) is 0.628. The SMILES string of the molecule is CC(C)(C)Oc1c[c]ccc1Cl. The molecule has 0 bridgehead atoms. The number of hydrogen-bond acceptors (Lipinski definition) is 1. The molecule has 1 aromatic carbocycles. The van der Waals surface area contributed by atoms with Crippen LogP contribution in [0.5, 0.6) is 5.75 Å². The van der Waals surface area contributed by atoms with Gasteiger partial charge < -0.3 is 4.74 Å². The van der Waals surface area contributed by atoms with E-state index in [0.29, 0.717) is 10.8 Å². The van der Waals surface area contributed by atoms with E-state index in [0.717, 1.165) is 0 Å². The first kappa shape index (κ1) is 9.40. The monoisotopic (exact) mass is 183 g/mol. The van der Waals surface area contributed by atoms with Crippen molar-refractivity contribution in [3.8, 4) is 5.75 Å². The summed E-state index contributed by atoms with van der Waals surface area (Å²) in [6.07, 6.45) is 0. The predicted octanol–water partition coefficient (Wildman–Crippen LogP) is 3.32. The van der Waals surface area contributed by atoms with E-state index >= 15 is 0 Å². The van der Waals surface area contributed by atoms with Crippen molar-refractivity contribution >= 4 is 11.6 Å². The second-order valence-corrected chi connectivity index (χ2v) is 3.98. The first-order chi connectivity index (χ1) is 5.49. The van der Waals surface area contributed by atoms with Crippen LogP contribution >= 0.6 is 11.6 Å². The van der Waals surface area contributed by atoms with Crippen LogP contribution in [0.25, 0.3) is 0 Å². The molecule has 0 amide bonds. The molecule has 65 valence electrons. The Hall–Kier alpha value is -0.690. The maximum absolute atomic E-state index is 5.89. The Morgan fingerprint density at radius 1 is 1.42 bits per heavy atom. The summed E-state index contributed by atoms with van der Waals surface area (Å²) in [4.78, 5) is 0. The number of rotatable bonds is 1. The van der Waals surface area contributed by atoms with Gasteiger partial charge in [-0.15, -0.1) is 0 Å². The Balaban J connectivity index is 2.83. The average molecular weight is 184 g/mol. The van der Waals surface area contributed by atoms with Crippen molar-refractivity contribution < 1.29 is 4.74 Å². The van der Waals surface area contributed by atoms with Gasteiger partial charge in [0.15, 0.2) is 0 Å². The van der Waals surface area contributed by atoms with E-state index in [1.165, 1.54) is 0 Å². The van der Waals surface area contributed by atoms with Crippen LogP contribution in [0.2, 0.25) is 5.02 Å². The fourth-order valence-corrected chi connectivity index (χ4v) is 0.960. The molecule has 0 aromatic heterocycles. The van der Waals surface area contributed by atoms with Gasteiger partial charge in [-0.2, -0.15) is 0 Å². The Kier molecular flexibility index (Phi) is 2.63. The molecule has 0 heterocycles. The largest absolute Gasteiger partial charge is 0.487 e. The van der Waals surface area contributed by atoms with Crippen molar-refractivity contribution in [3.63, 3.8) is 0 Å². The summed E-state index contributed by atoms with van der Waals surface area (Å²) in [5.41, 5.74) is -0.209. The van der Waals surface area contributed by atoms with Gasteiger partial charge in [0.2, 0.25) is 0 Å². The van der Waals surface area contributed by atoms with E-state index in [1.54, 1.807) is 18.2 Å². The molecular weight excluding hydrogens is 172 g/mol. The number of ether oxygens (including phenoxy) is 1. The highest BCUT2D eigenvalue weighted by atomic mass is 35.5. The Morgan fingerprint density at radius 3 is 2.58 bits per heavy atom. The lowest BCUT2D eigenvalue weighted by Crippen LogP contribution is -2.23. The molecule has 1 radical (unpaired) electrons. The van der Waals surface area contributed by atoms with Crippen LogP contribution in [-0.4, -0.2) is 5.60 Å². The van der Waals surface area contributed by atoms with Crippen molar-refractivity contribution in [1.29, 1.82) is 0 Å². The van der Waals surface area contributed by atoms with E-state index in [-0.39, 0.29) is 5.60 Å². The van der Waals surface area contributed by atoms with Crippen molar-refractivity contribution in [3.05, 3.63) is 29.3 Å². The molecule has 0 aliphatic heterocycles. The second-order valence-electron chi connectivity index (χ2n) is 3.57. The zero-order chi connectivity index (χ0) is 9.19. The summed E-state index contributed by atoms with van der Waals surface area (Å²) in [5.74, 6) is 0.687. The van der Waals surface area contributed by atoms with Crippen LogP contribution in [0, 0.1) is 6.07 Å². The number of hydrogen-bond donors (Lipinski definition) is 0.